The van der Waals surface area contributed by atoms with Gasteiger partial charge in [0.1, 0.15) is 0 Å². The summed E-state index contributed by atoms with van der Waals surface area (Å²) < 4.78 is 22.9. The molecule has 0 spiro atoms. The number of guanidine groups is 1. The highest BCUT2D eigenvalue weighted by atomic mass is 127. The summed E-state index contributed by atoms with van der Waals surface area (Å²) in [5.41, 5.74) is 3.88. The molecule has 0 aromatic heterocycles. The van der Waals surface area contributed by atoms with Crippen LogP contribution in [0.5, 0.6) is 0 Å². The largest absolute Gasteiger partial charge is 0.356 e. The lowest BCUT2D eigenvalue weighted by Gasteiger charge is -2.14. The van der Waals surface area contributed by atoms with Crippen molar-refractivity contribution in [1.82, 2.24) is 10.6 Å². The normalized spacial score (nSPS) is 19.6. The van der Waals surface area contributed by atoms with Gasteiger partial charge in [-0.15, -0.1) is 24.0 Å². The lowest BCUT2D eigenvalue weighted by atomic mass is 10.1. The Labute approximate surface area is 162 Å². The van der Waals surface area contributed by atoms with Gasteiger partial charge in [-0.05, 0) is 38.2 Å². The molecule has 5 nitrogen and oxygen atoms in total. The van der Waals surface area contributed by atoms with Crippen molar-refractivity contribution in [2.75, 3.05) is 31.6 Å². The Balaban J connectivity index is 0.00000288. The summed E-state index contributed by atoms with van der Waals surface area (Å²) in [4.78, 5) is 4.20. The molecule has 0 bridgehead atoms. The SMILES string of the molecule is CN=C(NCCc1cc(C)cc(C)c1)NCC1CCS(=O)(=O)C1.I. The highest BCUT2D eigenvalue weighted by molar-refractivity contribution is 14.0. The number of sulfone groups is 1. The first-order valence-corrected chi connectivity index (χ1v) is 9.92. The number of halogens is 1. The third kappa shape index (κ3) is 6.96. The van der Waals surface area contributed by atoms with Crippen molar-refractivity contribution in [2.24, 2.45) is 10.9 Å². The van der Waals surface area contributed by atoms with Crippen molar-refractivity contribution < 1.29 is 8.42 Å². The van der Waals surface area contributed by atoms with Gasteiger partial charge in [-0.1, -0.05) is 29.3 Å². The zero-order valence-electron chi connectivity index (χ0n) is 14.6. The molecule has 0 radical (unpaired) electrons. The summed E-state index contributed by atoms with van der Waals surface area (Å²) >= 11 is 0. The van der Waals surface area contributed by atoms with Crippen molar-refractivity contribution in [3.8, 4) is 0 Å². The van der Waals surface area contributed by atoms with Gasteiger partial charge in [0.2, 0.25) is 0 Å². The Morgan fingerprint density at radius 2 is 1.88 bits per heavy atom. The maximum absolute atomic E-state index is 11.5. The molecule has 7 heteroatoms. The van der Waals surface area contributed by atoms with Crippen molar-refractivity contribution in [2.45, 2.75) is 26.7 Å². The Morgan fingerprint density at radius 1 is 1.21 bits per heavy atom. The first-order valence-electron chi connectivity index (χ1n) is 8.10. The van der Waals surface area contributed by atoms with Crippen LogP contribution >= 0.6 is 24.0 Å². The number of nitrogens with one attached hydrogen (secondary N) is 2. The lowest BCUT2D eigenvalue weighted by Crippen LogP contribution is -2.40. The molecule has 1 aromatic rings. The van der Waals surface area contributed by atoms with Crippen LogP contribution in [0.4, 0.5) is 0 Å². The van der Waals surface area contributed by atoms with Crippen molar-refractivity contribution in [1.29, 1.82) is 0 Å². The van der Waals surface area contributed by atoms with Crippen LogP contribution in [0.1, 0.15) is 23.1 Å². The van der Waals surface area contributed by atoms with Gasteiger partial charge in [0.25, 0.3) is 0 Å². The summed E-state index contributed by atoms with van der Waals surface area (Å²) in [6.45, 7) is 5.67. The van der Waals surface area contributed by atoms with Crippen molar-refractivity contribution in [3.05, 3.63) is 34.9 Å². The molecule has 1 unspecified atom stereocenters. The quantitative estimate of drug-likeness (QED) is 0.397. The van der Waals surface area contributed by atoms with Gasteiger partial charge in [-0.2, -0.15) is 0 Å². The van der Waals surface area contributed by atoms with Crippen molar-refractivity contribution in [3.63, 3.8) is 0 Å². The molecule has 0 amide bonds. The van der Waals surface area contributed by atoms with E-state index in [0.717, 1.165) is 25.3 Å². The molecule has 1 aliphatic heterocycles. The Kier molecular flexibility index (Phi) is 8.49. The van der Waals surface area contributed by atoms with E-state index in [-0.39, 0.29) is 29.9 Å². The van der Waals surface area contributed by atoms with E-state index < -0.39 is 9.84 Å². The molecule has 1 aliphatic rings. The second-order valence-corrected chi connectivity index (χ2v) is 8.62. The van der Waals surface area contributed by atoms with Gasteiger partial charge >= 0.3 is 0 Å². The molecule has 2 rings (SSSR count). The molecule has 2 N–H and O–H groups in total. The summed E-state index contributed by atoms with van der Waals surface area (Å²) in [6.07, 6.45) is 1.68. The maximum Gasteiger partial charge on any atom is 0.190 e. The van der Waals surface area contributed by atoms with E-state index in [0.29, 0.717) is 18.1 Å². The number of nitrogens with zero attached hydrogens (tertiary/aromatic N) is 1. The first kappa shape index (κ1) is 21.2. The molecule has 1 fully saturated rings. The Bertz CT molecular complexity index is 654. The number of hydrogen-bond acceptors (Lipinski definition) is 3. The lowest BCUT2D eigenvalue weighted by molar-refractivity contribution is 0.567. The molecule has 1 saturated heterocycles. The van der Waals surface area contributed by atoms with Crippen LogP contribution in [0.25, 0.3) is 0 Å². The van der Waals surface area contributed by atoms with Crippen LogP contribution in [0.3, 0.4) is 0 Å². The number of aliphatic imine (C=N–C) groups is 1. The molecule has 0 aliphatic carbocycles. The van der Waals surface area contributed by atoms with Crippen LogP contribution in [-0.2, 0) is 16.3 Å². The predicted octanol–water partition coefficient (Wildman–Crippen LogP) is 2.06. The second kappa shape index (κ2) is 9.60. The molecule has 24 heavy (non-hydrogen) atoms. The zero-order chi connectivity index (χ0) is 16.9. The van der Waals surface area contributed by atoms with Gasteiger partial charge in [-0.3, -0.25) is 4.99 Å². The van der Waals surface area contributed by atoms with Gasteiger partial charge in [-0.25, -0.2) is 8.42 Å². The van der Waals surface area contributed by atoms with Gasteiger partial charge in [0.15, 0.2) is 15.8 Å². The minimum Gasteiger partial charge on any atom is -0.356 e. The molecule has 136 valence electrons. The average molecular weight is 465 g/mol. The zero-order valence-corrected chi connectivity index (χ0v) is 17.8. The minimum absolute atomic E-state index is 0. The number of rotatable bonds is 5. The predicted molar refractivity (Wildman–Crippen MR) is 111 cm³/mol. The standard InChI is InChI=1S/C17H27N3O2S.HI/c1-13-8-14(2)10-15(9-13)4-6-19-17(18-3)20-11-16-5-7-23(21,22)12-16;/h8-10,16H,4-7,11-12H2,1-3H3,(H2,18,19,20);1H. The van der Waals surface area contributed by atoms with Crippen LogP contribution in [0.2, 0.25) is 0 Å². The summed E-state index contributed by atoms with van der Waals surface area (Å²) in [6, 6.07) is 6.58. The second-order valence-electron chi connectivity index (χ2n) is 6.39. The molecule has 1 aromatic carbocycles. The summed E-state index contributed by atoms with van der Waals surface area (Å²) in [7, 11) is -1.08. The van der Waals surface area contributed by atoms with Crippen LogP contribution in [0.15, 0.2) is 23.2 Å². The number of benzene rings is 1. The molecular weight excluding hydrogens is 437 g/mol. The third-order valence-electron chi connectivity index (χ3n) is 4.10. The van der Waals surface area contributed by atoms with E-state index in [1.807, 2.05) is 0 Å². The van der Waals surface area contributed by atoms with E-state index in [2.05, 4.69) is 47.7 Å². The number of hydrogen-bond donors (Lipinski definition) is 2. The van der Waals surface area contributed by atoms with Crippen LogP contribution in [-0.4, -0.2) is 46.0 Å². The van der Waals surface area contributed by atoms with E-state index in [1.54, 1.807) is 7.05 Å². The number of aryl methyl sites for hydroxylation is 2. The van der Waals surface area contributed by atoms with E-state index in [4.69, 9.17) is 0 Å². The van der Waals surface area contributed by atoms with Gasteiger partial charge in [0.05, 0.1) is 11.5 Å². The van der Waals surface area contributed by atoms with Gasteiger partial charge < -0.3 is 10.6 Å². The Morgan fingerprint density at radius 3 is 2.42 bits per heavy atom. The smallest absolute Gasteiger partial charge is 0.190 e. The monoisotopic (exact) mass is 465 g/mol. The van der Waals surface area contributed by atoms with Crippen LogP contribution < -0.4 is 10.6 Å². The van der Waals surface area contributed by atoms with E-state index in [9.17, 15) is 8.42 Å². The van der Waals surface area contributed by atoms with Crippen LogP contribution in [0, 0.1) is 19.8 Å². The maximum atomic E-state index is 11.5. The fourth-order valence-electron chi connectivity index (χ4n) is 3.03. The third-order valence-corrected chi connectivity index (χ3v) is 5.93. The van der Waals surface area contributed by atoms with Gasteiger partial charge in [0, 0.05) is 20.1 Å². The first-order chi connectivity index (χ1) is 10.9. The van der Waals surface area contributed by atoms with E-state index in [1.165, 1.54) is 16.7 Å². The topological polar surface area (TPSA) is 70.6 Å². The highest BCUT2D eigenvalue weighted by Gasteiger charge is 2.27. The highest BCUT2D eigenvalue weighted by Crippen LogP contribution is 2.17. The molecular formula is C17H28IN3O2S. The summed E-state index contributed by atoms with van der Waals surface area (Å²) in [5, 5.41) is 6.52. The fraction of sp³-hybridized carbons (Fsp3) is 0.588. The molecule has 0 saturated carbocycles. The summed E-state index contributed by atoms with van der Waals surface area (Å²) in [5.74, 6) is 1.54. The molecule has 1 atom stereocenters. The average Bonchev–Trinajstić information content (AvgIpc) is 2.81. The minimum atomic E-state index is -2.81. The fourth-order valence-corrected chi connectivity index (χ4v) is 4.90. The Hall–Kier alpha value is -0.830. The van der Waals surface area contributed by atoms with Crippen molar-refractivity contribution >= 4 is 39.8 Å². The van der Waals surface area contributed by atoms with E-state index >= 15 is 0 Å². The molecule has 1 heterocycles.